The first-order valence-electron chi connectivity index (χ1n) is 8.71. The molecule has 0 heterocycles. The molecule has 0 spiro atoms. The lowest BCUT2D eigenvalue weighted by molar-refractivity contribution is -0.384. The molecule has 0 saturated heterocycles. The molecule has 0 aliphatic heterocycles. The van der Waals surface area contributed by atoms with Crippen LogP contribution in [0.1, 0.15) is 33.2 Å². The van der Waals surface area contributed by atoms with Crippen molar-refractivity contribution in [3.63, 3.8) is 0 Å². The molecule has 28 heavy (non-hydrogen) atoms. The molecule has 0 fully saturated rings. The molecular formula is C20H23N3O5. The number of ether oxygens (including phenoxy) is 1. The number of hydrogen-bond donors (Lipinski definition) is 0. The highest BCUT2D eigenvalue weighted by atomic mass is 16.6. The van der Waals surface area contributed by atoms with Gasteiger partial charge in [0.15, 0.2) is 0 Å². The van der Waals surface area contributed by atoms with E-state index in [0.717, 1.165) is 23.4 Å². The number of anilines is 1. The third kappa shape index (κ3) is 5.06. The topological polar surface area (TPSA) is 93.0 Å². The number of nitro benzene ring substituents is 1. The van der Waals surface area contributed by atoms with Crippen molar-refractivity contribution in [1.29, 1.82) is 0 Å². The smallest absolute Gasteiger partial charge is 0.338 e. The van der Waals surface area contributed by atoms with E-state index >= 15 is 0 Å². The molecule has 2 rings (SSSR count). The fourth-order valence-corrected chi connectivity index (χ4v) is 2.64. The highest BCUT2D eigenvalue weighted by molar-refractivity contribution is 5.98. The van der Waals surface area contributed by atoms with Gasteiger partial charge in [0.25, 0.3) is 11.6 Å². The van der Waals surface area contributed by atoms with E-state index in [1.165, 1.54) is 11.0 Å². The Bertz CT molecular complexity index is 878. The molecule has 8 nitrogen and oxygen atoms in total. The first kappa shape index (κ1) is 20.9. The highest BCUT2D eigenvalue weighted by Gasteiger charge is 2.20. The van der Waals surface area contributed by atoms with Crippen molar-refractivity contribution in [2.24, 2.45) is 0 Å². The van der Waals surface area contributed by atoms with Gasteiger partial charge in [-0.3, -0.25) is 14.9 Å². The summed E-state index contributed by atoms with van der Waals surface area (Å²) in [5, 5.41) is 11.2. The van der Waals surface area contributed by atoms with Crippen molar-refractivity contribution in [1.82, 2.24) is 4.90 Å². The number of esters is 1. The summed E-state index contributed by atoms with van der Waals surface area (Å²) in [6.45, 7) is 2.09. The van der Waals surface area contributed by atoms with Gasteiger partial charge in [-0.15, -0.1) is 0 Å². The predicted octanol–water partition coefficient (Wildman–Crippen LogP) is 3.11. The Morgan fingerprint density at radius 3 is 2.18 bits per heavy atom. The summed E-state index contributed by atoms with van der Waals surface area (Å²) in [7, 11) is 5.48. The average molecular weight is 385 g/mol. The van der Waals surface area contributed by atoms with E-state index in [-0.39, 0.29) is 23.4 Å². The van der Waals surface area contributed by atoms with Crippen LogP contribution in [-0.2, 0) is 11.3 Å². The van der Waals surface area contributed by atoms with Crippen molar-refractivity contribution in [3.8, 4) is 0 Å². The van der Waals surface area contributed by atoms with Gasteiger partial charge in [0, 0.05) is 51.1 Å². The number of carbonyl (C=O) groups is 2. The molecule has 2 aromatic rings. The second-order valence-corrected chi connectivity index (χ2v) is 6.47. The van der Waals surface area contributed by atoms with E-state index < -0.39 is 16.8 Å². The molecule has 2 aromatic carbocycles. The number of hydrogen-bond acceptors (Lipinski definition) is 6. The molecule has 0 aliphatic carbocycles. The average Bonchev–Trinajstić information content (AvgIpc) is 2.67. The number of rotatable bonds is 7. The van der Waals surface area contributed by atoms with Crippen LogP contribution in [0.25, 0.3) is 0 Å². The van der Waals surface area contributed by atoms with Crippen molar-refractivity contribution < 1.29 is 19.2 Å². The van der Waals surface area contributed by atoms with Gasteiger partial charge in [-0.05, 0) is 30.7 Å². The van der Waals surface area contributed by atoms with Gasteiger partial charge in [-0.1, -0.05) is 12.1 Å². The Morgan fingerprint density at radius 1 is 1.04 bits per heavy atom. The Morgan fingerprint density at radius 2 is 1.64 bits per heavy atom. The van der Waals surface area contributed by atoms with Crippen molar-refractivity contribution >= 4 is 23.3 Å². The van der Waals surface area contributed by atoms with Gasteiger partial charge >= 0.3 is 5.97 Å². The second-order valence-electron chi connectivity index (χ2n) is 6.47. The third-order valence-electron chi connectivity index (χ3n) is 4.11. The normalized spacial score (nSPS) is 10.3. The monoisotopic (exact) mass is 385 g/mol. The van der Waals surface area contributed by atoms with E-state index in [4.69, 9.17) is 4.74 Å². The van der Waals surface area contributed by atoms with Crippen LogP contribution in [0.2, 0.25) is 0 Å². The minimum Gasteiger partial charge on any atom is -0.462 e. The Labute approximate surface area is 163 Å². The first-order valence-corrected chi connectivity index (χ1v) is 8.71. The Kier molecular flexibility index (Phi) is 6.70. The van der Waals surface area contributed by atoms with Gasteiger partial charge in [-0.25, -0.2) is 4.79 Å². The maximum Gasteiger partial charge on any atom is 0.338 e. The summed E-state index contributed by atoms with van der Waals surface area (Å²) >= 11 is 0. The summed E-state index contributed by atoms with van der Waals surface area (Å²) in [6, 6.07) is 11.3. The molecule has 0 aliphatic rings. The summed E-state index contributed by atoms with van der Waals surface area (Å²) in [6.07, 6.45) is 0. The fraction of sp³-hybridized carbons (Fsp3) is 0.300. The van der Waals surface area contributed by atoms with Crippen molar-refractivity contribution in [2.45, 2.75) is 13.5 Å². The molecule has 0 bridgehead atoms. The maximum atomic E-state index is 12.8. The van der Waals surface area contributed by atoms with Gasteiger partial charge in [-0.2, -0.15) is 0 Å². The number of nitro groups is 1. The standard InChI is InChI=1S/C20H23N3O5/c1-5-28-20(25)16-10-15(11-18(12-16)23(26)27)19(24)22(4)13-14-6-8-17(9-7-14)21(2)3/h6-12H,5,13H2,1-4H3. The molecule has 0 radical (unpaired) electrons. The van der Waals surface area contributed by atoms with Crippen LogP contribution >= 0.6 is 0 Å². The number of benzene rings is 2. The molecular weight excluding hydrogens is 362 g/mol. The van der Waals surface area contributed by atoms with E-state index in [1.807, 2.05) is 43.3 Å². The largest absolute Gasteiger partial charge is 0.462 e. The Hall–Kier alpha value is -3.42. The van der Waals surface area contributed by atoms with Crippen molar-refractivity contribution in [3.05, 3.63) is 69.3 Å². The minimum absolute atomic E-state index is 0.0249. The zero-order chi connectivity index (χ0) is 20.8. The SMILES string of the molecule is CCOC(=O)c1cc(C(=O)N(C)Cc2ccc(N(C)C)cc2)cc([N+](=O)[O-])c1. The van der Waals surface area contributed by atoms with Crippen molar-refractivity contribution in [2.75, 3.05) is 32.6 Å². The summed E-state index contributed by atoms with van der Waals surface area (Å²) in [5.41, 5.74) is 1.65. The molecule has 148 valence electrons. The van der Waals surface area contributed by atoms with Crippen LogP contribution in [0.4, 0.5) is 11.4 Å². The molecule has 0 N–H and O–H groups in total. The highest BCUT2D eigenvalue weighted by Crippen LogP contribution is 2.20. The molecule has 8 heteroatoms. The van der Waals surface area contributed by atoms with E-state index in [2.05, 4.69) is 0 Å². The van der Waals surface area contributed by atoms with Gasteiger partial charge in [0.1, 0.15) is 0 Å². The lowest BCUT2D eigenvalue weighted by atomic mass is 10.1. The molecule has 0 saturated carbocycles. The quantitative estimate of drug-likeness (QED) is 0.413. The first-order chi connectivity index (χ1) is 13.2. The zero-order valence-electron chi connectivity index (χ0n) is 16.3. The van der Waals surface area contributed by atoms with Crippen LogP contribution < -0.4 is 4.90 Å². The lowest BCUT2D eigenvalue weighted by Gasteiger charge is -2.19. The van der Waals surface area contributed by atoms with Crippen LogP contribution in [-0.4, -0.2) is 49.4 Å². The van der Waals surface area contributed by atoms with Gasteiger partial charge in [0.2, 0.25) is 0 Å². The number of non-ortho nitro benzene ring substituents is 1. The minimum atomic E-state index is -0.706. The molecule has 1 amide bonds. The maximum absolute atomic E-state index is 12.8. The third-order valence-corrected chi connectivity index (χ3v) is 4.11. The summed E-state index contributed by atoms with van der Waals surface area (Å²) in [4.78, 5) is 38.7. The summed E-state index contributed by atoms with van der Waals surface area (Å²) < 4.78 is 4.89. The van der Waals surface area contributed by atoms with Crippen LogP contribution in [0.15, 0.2) is 42.5 Å². The molecule has 0 atom stereocenters. The van der Waals surface area contributed by atoms with Crippen LogP contribution in [0, 0.1) is 10.1 Å². The predicted molar refractivity (Wildman–Crippen MR) is 106 cm³/mol. The fourth-order valence-electron chi connectivity index (χ4n) is 2.64. The molecule has 0 aromatic heterocycles. The van der Waals surface area contributed by atoms with Crippen LogP contribution in [0.5, 0.6) is 0 Å². The van der Waals surface area contributed by atoms with E-state index in [0.29, 0.717) is 6.54 Å². The number of carbonyl (C=O) groups excluding carboxylic acids is 2. The zero-order valence-corrected chi connectivity index (χ0v) is 16.3. The summed E-state index contributed by atoms with van der Waals surface area (Å²) in [5.74, 6) is -1.13. The lowest BCUT2D eigenvalue weighted by Crippen LogP contribution is -2.26. The Balaban J connectivity index is 2.25. The van der Waals surface area contributed by atoms with Crippen LogP contribution in [0.3, 0.4) is 0 Å². The van der Waals surface area contributed by atoms with Gasteiger partial charge in [0.05, 0.1) is 17.1 Å². The number of nitrogens with zero attached hydrogens (tertiary/aromatic N) is 3. The van der Waals surface area contributed by atoms with E-state index in [9.17, 15) is 19.7 Å². The van der Waals surface area contributed by atoms with Gasteiger partial charge < -0.3 is 14.5 Å². The van der Waals surface area contributed by atoms with E-state index in [1.54, 1.807) is 14.0 Å². The second kappa shape index (κ2) is 8.98. The molecule has 0 unspecified atom stereocenters. The number of amides is 1.